The zero-order valence-electron chi connectivity index (χ0n) is 14.6. The van der Waals surface area contributed by atoms with Crippen molar-refractivity contribution >= 4 is 27.3 Å². The minimum Gasteiger partial charge on any atom is -0.481 e. The van der Waals surface area contributed by atoms with Crippen LogP contribution in [0.4, 0.5) is 0 Å². The molecule has 0 unspecified atom stereocenters. The molecule has 0 aliphatic carbocycles. The Morgan fingerprint density at radius 3 is 2.46 bits per heavy atom. The Morgan fingerprint density at radius 1 is 1.12 bits per heavy atom. The number of rotatable bonds is 6. The lowest BCUT2D eigenvalue weighted by molar-refractivity contribution is -0.136. The van der Waals surface area contributed by atoms with Crippen molar-refractivity contribution in [2.75, 3.05) is 26.2 Å². The smallest absolute Gasteiger partial charge is 0.308 e. The van der Waals surface area contributed by atoms with Gasteiger partial charge in [0, 0.05) is 37.6 Å². The predicted molar refractivity (Wildman–Crippen MR) is 101 cm³/mol. The van der Waals surface area contributed by atoms with Gasteiger partial charge in [0.05, 0.1) is 6.42 Å². The number of nitrogens with zero attached hydrogens (tertiary/aromatic N) is 2. The van der Waals surface area contributed by atoms with Gasteiger partial charge in [-0.15, -0.1) is 11.3 Å². The number of aryl methyl sites for hydroxylation is 1. The fourth-order valence-corrected chi connectivity index (χ4v) is 5.95. The summed E-state index contributed by atoms with van der Waals surface area (Å²) >= 11 is 1.04. The van der Waals surface area contributed by atoms with Gasteiger partial charge in [-0.3, -0.25) is 9.69 Å². The number of piperazine rings is 1. The van der Waals surface area contributed by atoms with Crippen LogP contribution in [0.5, 0.6) is 0 Å². The Morgan fingerprint density at radius 2 is 1.81 bits per heavy atom. The fourth-order valence-electron chi connectivity index (χ4n) is 3.02. The average molecular weight is 395 g/mol. The SMILES string of the molecule is Cc1ccccc1CN1CCN(S(=O)(=O)c2ccc(CC(=O)O)s2)CC1. The molecular weight excluding hydrogens is 372 g/mol. The highest BCUT2D eigenvalue weighted by molar-refractivity contribution is 7.91. The van der Waals surface area contributed by atoms with E-state index in [9.17, 15) is 13.2 Å². The predicted octanol–water partition coefficient (Wildman–Crippen LogP) is 2.19. The first-order valence-corrected chi connectivity index (χ1v) is 10.7. The zero-order chi connectivity index (χ0) is 18.7. The summed E-state index contributed by atoms with van der Waals surface area (Å²) in [5.41, 5.74) is 2.51. The van der Waals surface area contributed by atoms with E-state index in [0.717, 1.165) is 17.9 Å². The summed E-state index contributed by atoms with van der Waals surface area (Å²) in [6.45, 7) is 5.16. The van der Waals surface area contributed by atoms with Gasteiger partial charge < -0.3 is 5.11 Å². The number of hydrogen-bond acceptors (Lipinski definition) is 5. The number of carboxylic acid groups (broad SMARTS) is 1. The first-order valence-electron chi connectivity index (χ1n) is 8.44. The molecule has 1 aromatic heterocycles. The molecule has 6 nitrogen and oxygen atoms in total. The number of carboxylic acids is 1. The van der Waals surface area contributed by atoms with Crippen molar-refractivity contribution in [3.63, 3.8) is 0 Å². The molecule has 140 valence electrons. The first-order chi connectivity index (χ1) is 12.4. The highest BCUT2D eigenvalue weighted by atomic mass is 32.2. The molecular formula is C18H22N2O4S2. The van der Waals surface area contributed by atoms with Gasteiger partial charge in [-0.2, -0.15) is 4.31 Å². The highest BCUT2D eigenvalue weighted by Crippen LogP contribution is 2.26. The number of thiophene rings is 1. The van der Waals surface area contributed by atoms with Crippen molar-refractivity contribution in [3.8, 4) is 0 Å². The number of benzene rings is 1. The van der Waals surface area contributed by atoms with Crippen LogP contribution in [0.15, 0.2) is 40.6 Å². The van der Waals surface area contributed by atoms with Crippen LogP contribution in [-0.2, 0) is 27.8 Å². The van der Waals surface area contributed by atoms with E-state index in [-0.39, 0.29) is 10.6 Å². The number of sulfonamides is 1. The second-order valence-corrected chi connectivity index (χ2v) is 9.73. The van der Waals surface area contributed by atoms with Gasteiger partial charge in [-0.25, -0.2) is 8.42 Å². The Bertz CT molecular complexity index is 884. The monoisotopic (exact) mass is 394 g/mol. The zero-order valence-corrected chi connectivity index (χ0v) is 16.2. The van der Waals surface area contributed by atoms with Crippen molar-refractivity contribution in [3.05, 3.63) is 52.4 Å². The second-order valence-electron chi connectivity index (χ2n) is 6.40. The molecule has 26 heavy (non-hydrogen) atoms. The van der Waals surface area contributed by atoms with Gasteiger partial charge in [-0.1, -0.05) is 24.3 Å². The van der Waals surface area contributed by atoms with Crippen LogP contribution >= 0.6 is 11.3 Å². The molecule has 1 fully saturated rings. The van der Waals surface area contributed by atoms with Crippen molar-refractivity contribution in [1.29, 1.82) is 0 Å². The number of hydrogen-bond donors (Lipinski definition) is 1. The Hall–Kier alpha value is -1.74. The lowest BCUT2D eigenvalue weighted by Gasteiger charge is -2.34. The molecule has 0 amide bonds. The molecule has 0 saturated carbocycles. The van der Waals surface area contributed by atoms with Gasteiger partial charge in [0.2, 0.25) is 0 Å². The molecule has 2 heterocycles. The highest BCUT2D eigenvalue weighted by Gasteiger charge is 2.29. The van der Waals surface area contributed by atoms with Crippen LogP contribution < -0.4 is 0 Å². The quantitative estimate of drug-likeness (QED) is 0.813. The summed E-state index contributed by atoms with van der Waals surface area (Å²) in [5, 5.41) is 8.84. The largest absolute Gasteiger partial charge is 0.481 e. The summed E-state index contributed by atoms with van der Waals surface area (Å²) < 4.78 is 27.3. The van der Waals surface area contributed by atoms with E-state index in [1.807, 2.05) is 12.1 Å². The molecule has 1 N–H and O–H groups in total. The van der Waals surface area contributed by atoms with Crippen molar-refractivity contribution in [2.45, 2.75) is 24.1 Å². The van der Waals surface area contributed by atoms with Crippen LogP contribution in [0.1, 0.15) is 16.0 Å². The van der Waals surface area contributed by atoms with Crippen molar-refractivity contribution in [2.24, 2.45) is 0 Å². The van der Waals surface area contributed by atoms with Gasteiger partial charge in [0.25, 0.3) is 10.0 Å². The molecule has 0 spiro atoms. The van der Waals surface area contributed by atoms with Gasteiger partial charge >= 0.3 is 5.97 Å². The standard InChI is InChI=1S/C18H22N2O4S2/c1-14-4-2-3-5-15(14)13-19-8-10-20(11-9-19)26(23,24)18-7-6-16(25-18)12-17(21)22/h2-7H,8-13H2,1H3,(H,21,22). The van der Waals surface area contributed by atoms with Crippen LogP contribution in [0.25, 0.3) is 0 Å². The molecule has 1 aliphatic heterocycles. The van der Waals surface area contributed by atoms with E-state index in [2.05, 4.69) is 24.0 Å². The van der Waals surface area contributed by atoms with Gasteiger partial charge in [-0.05, 0) is 30.2 Å². The normalized spacial score (nSPS) is 16.7. The maximum atomic E-state index is 12.8. The van der Waals surface area contributed by atoms with Gasteiger partial charge in [0.15, 0.2) is 0 Å². The van der Waals surface area contributed by atoms with E-state index in [1.165, 1.54) is 21.5 Å². The molecule has 1 aliphatic rings. The second kappa shape index (κ2) is 7.87. The maximum Gasteiger partial charge on any atom is 0.308 e. The lowest BCUT2D eigenvalue weighted by Crippen LogP contribution is -2.48. The van der Waals surface area contributed by atoms with Crippen LogP contribution in [0, 0.1) is 6.92 Å². The molecule has 1 aromatic carbocycles. The summed E-state index contributed by atoms with van der Waals surface area (Å²) in [4.78, 5) is 13.6. The van der Waals surface area contributed by atoms with E-state index in [0.29, 0.717) is 31.1 Å². The maximum absolute atomic E-state index is 12.8. The lowest BCUT2D eigenvalue weighted by atomic mass is 10.1. The third kappa shape index (κ3) is 4.32. The molecule has 8 heteroatoms. The first kappa shape index (κ1) is 19.0. The van der Waals surface area contributed by atoms with Crippen LogP contribution in [0.2, 0.25) is 0 Å². The average Bonchev–Trinajstić information content (AvgIpc) is 3.06. The third-order valence-electron chi connectivity index (χ3n) is 4.54. The fraction of sp³-hybridized carbons (Fsp3) is 0.389. The minimum atomic E-state index is -3.55. The van der Waals surface area contributed by atoms with Gasteiger partial charge in [0.1, 0.15) is 4.21 Å². The molecule has 0 bridgehead atoms. The summed E-state index contributed by atoms with van der Waals surface area (Å²) in [6, 6.07) is 11.3. The summed E-state index contributed by atoms with van der Waals surface area (Å²) in [5.74, 6) is -0.958. The molecule has 2 aromatic rings. The molecule has 1 saturated heterocycles. The van der Waals surface area contributed by atoms with Crippen molar-refractivity contribution in [1.82, 2.24) is 9.21 Å². The van der Waals surface area contributed by atoms with E-state index in [1.54, 1.807) is 6.07 Å². The third-order valence-corrected chi connectivity index (χ3v) is 7.99. The van der Waals surface area contributed by atoms with Crippen molar-refractivity contribution < 1.29 is 18.3 Å². The number of aliphatic carboxylic acids is 1. The Kier molecular flexibility index (Phi) is 5.76. The van der Waals surface area contributed by atoms with E-state index < -0.39 is 16.0 Å². The topological polar surface area (TPSA) is 77.9 Å². The molecule has 0 atom stereocenters. The molecule has 0 radical (unpaired) electrons. The van der Waals surface area contributed by atoms with Crippen LogP contribution in [0.3, 0.4) is 0 Å². The van der Waals surface area contributed by atoms with E-state index >= 15 is 0 Å². The molecule has 3 rings (SSSR count). The minimum absolute atomic E-state index is 0.148. The Balaban J connectivity index is 1.62. The summed E-state index contributed by atoms with van der Waals surface area (Å²) in [6.07, 6.45) is -0.148. The number of carbonyl (C=O) groups is 1. The summed E-state index contributed by atoms with van der Waals surface area (Å²) in [7, 11) is -3.55. The Labute approximate surface area is 157 Å². The van der Waals surface area contributed by atoms with E-state index in [4.69, 9.17) is 5.11 Å². The van der Waals surface area contributed by atoms with Crippen LogP contribution in [-0.4, -0.2) is 54.9 Å².